The SMILES string of the molecule is COc1cc(C(=O)NCC(=O)Nc2cccc(OCc3cccnc3)c2)ccc1OC(F)F. The van der Waals surface area contributed by atoms with Crippen molar-refractivity contribution < 1.29 is 32.6 Å². The van der Waals surface area contributed by atoms with Gasteiger partial charge in [0, 0.05) is 35.3 Å². The average molecular weight is 457 g/mol. The molecular formula is C23H21F2N3O5. The number of hydrogen-bond donors (Lipinski definition) is 2. The zero-order valence-corrected chi connectivity index (χ0v) is 17.6. The molecule has 2 aromatic carbocycles. The van der Waals surface area contributed by atoms with Crippen LogP contribution in [0.25, 0.3) is 0 Å². The van der Waals surface area contributed by atoms with E-state index in [0.717, 1.165) is 5.56 Å². The number of rotatable bonds is 10. The summed E-state index contributed by atoms with van der Waals surface area (Å²) in [5.41, 5.74) is 1.51. The molecule has 10 heteroatoms. The fourth-order valence-corrected chi connectivity index (χ4v) is 2.78. The number of carbonyl (C=O) groups is 2. The number of methoxy groups -OCH3 is 1. The molecule has 0 aliphatic rings. The average Bonchev–Trinajstić information content (AvgIpc) is 2.82. The zero-order valence-electron chi connectivity index (χ0n) is 17.6. The fraction of sp³-hybridized carbons (Fsp3) is 0.174. The lowest BCUT2D eigenvalue weighted by Crippen LogP contribution is -2.32. The molecule has 0 aliphatic heterocycles. The fourth-order valence-electron chi connectivity index (χ4n) is 2.78. The predicted octanol–water partition coefficient (Wildman–Crippen LogP) is 3.64. The smallest absolute Gasteiger partial charge is 0.387 e. The molecule has 0 aliphatic carbocycles. The van der Waals surface area contributed by atoms with Gasteiger partial charge in [0.15, 0.2) is 11.5 Å². The van der Waals surface area contributed by atoms with Gasteiger partial charge in [-0.15, -0.1) is 0 Å². The van der Waals surface area contributed by atoms with Crippen molar-refractivity contribution in [2.24, 2.45) is 0 Å². The second kappa shape index (κ2) is 11.4. The van der Waals surface area contributed by atoms with E-state index in [0.29, 0.717) is 18.0 Å². The molecule has 1 heterocycles. The number of nitrogens with zero attached hydrogens (tertiary/aromatic N) is 1. The maximum atomic E-state index is 12.4. The van der Waals surface area contributed by atoms with E-state index < -0.39 is 18.4 Å². The van der Waals surface area contributed by atoms with Gasteiger partial charge in [0.2, 0.25) is 5.91 Å². The van der Waals surface area contributed by atoms with Crippen LogP contribution in [0.1, 0.15) is 15.9 Å². The van der Waals surface area contributed by atoms with Crippen LogP contribution in [-0.4, -0.2) is 37.1 Å². The molecule has 0 atom stereocenters. The Morgan fingerprint density at radius 2 is 1.91 bits per heavy atom. The van der Waals surface area contributed by atoms with E-state index in [1.807, 2.05) is 12.1 Å². The van der Waals surface area contributed by atoms with Crippen molar-refractivity contribution in [3.8, 4) is 17.2 Å². The van der Waals surface area contributed by atoms with Crippen LogP contribution in [0.2, 0.25) is 0 Å². The number of amides is 2. The minimum Gasteiger partial charge on any atom is -0.493 e. The molecule has 0 radical (unpaired) electrons. The number of aromatic nitrogens is 1. The zero-order chi connectivity index (χ0) is 23.6. The molecule has 3 aromatic rings. The quantitative estimate of drug-likeness (QED) is 0.482. The summed E-state index contributed by atoms with van der Waals surface area (Å²) < 4.78 is 39.8. The number of benzene rings is 2. The first-order valence-corrected chi connectivity index (χ1v) is 9.77. The lowest BCUT2D eigenvalue weighted by Gasteiger charge is -2.12. The van der Waals surface area contributed by atoms with Crippen LogP contribution in [0.5, 0.6) is 17.2 Å². The molecule has 0 spiro atoms. The van der Waals surface area contributed by atoms with Crippen LogP contribution in [-0.2, 0) is 11.4 Å². The van der Waals surface area contributed by atoms with Crippen LogP contribution in [0.3, 0.4) is 0 Å². The molecule has 2 amide bonds. The first-order chi connectivity index (χ1) is 15.9. The van der Waals surface area contributed by atoms with Crippen molar-refractivity contribution in [1.29, 1.82) is 0 Å². The molecule has 2 N–H and O–H groups in total. The number of hydrogen-bond acceptors (Lipinski definition) is 6. The van der Waals surface area contributed by atoms with E-state index in [2.05, 4.69) is 20.4 Å². The lowest BCUT2D eigenvalue weighted by atomic mass is 10.2. The summed E-state index contributed by atoms with van der Waals surface area (Å²) in [6.07, 6.45) is 3.37. The molecule has 0 saturated carbocycles. The van der Waals surface area contributed by atoms with E-state index in [4.69, 9.17) is 9.47 Å². The Morgan fingerprint density at radius 3 is 2.64 bits per heavy atom. The molecule has 33 heavy (non-hydrogen) atoms. The highest BCUT2D eigenvalue weighted by Gasteiger charge is 2.15. The third-order valence-electron chi connectivity index (χ3n) is 4.30. The number of pyridine rings is 1. The number of halogens is 2. The van der Waals surface area contributed by atoms with E-state index in [9.17, 15) is 18.4 Å². The minimum atomic E-state index is -3.03. The number of alkyl halides is 2. The van der Waals surface area contributed by atoms with E-state index in [1.54, 1.807) is 36.7 Å². The van der Waals surface area contributed by atoms with Crippen molar-refractivity contribution >= 4 is 17.5 Å². The summed E-state index contributed by atoms with van der Waals surface area (Å²) in [6, 6.07) is 14.2. The van der Waals surface area contributed by atoms with Crippen molar-refractivity contribution in [3.05, 3.63) is 78.1 Å². The van der Waals surface area contributed by atoms with Crippen LogP contribution in [0, 0.1) is 0 Å². The predicted molar refractivity (Wildman–Crippen MR) is 116 cm³/mol. The van der Waals surface area contributed by atoms with Gasteiger partial charge in [0.05, 0.1) is 13.7 Å². The highest BCUT2D eigenvalue weighted by Crippen LogP contribution is 2.29. The van der Waals surface area contributed by atoms with Gasteiger partial charge in [-0.1, -0.05) is 12.1 Å². The number of anilines is 1. The third-order valence-corrected chi connectivity index (χ3v) is 4.30. The van der Waals surface area contributed by atoms with Crippen molar-refractivity contribution in [3.63, 3.8) is 0 Å². The molecule has 8 nitrogen and oxygen atoms in total. The summed E-state index contributed by atoms with van der Waals surface area (Å²) in [4.78, 5) is 28.6. The first kappa shape index (κ1) is 23.5. The number of nitrogens with one attached hydrogen (secondary N) is 2. The Kier molecular flexibility index (Phi) is 8.12. The van der Waals surface area contributed by atoms with Crippen molar-refractivity contribution in [2.45, 2.75) is 13.2 Å². The normalized spacial score (nSPS) is 10.4. The van der Waals surface area contributed by atoms with Crippen LogP contribution >= 0.6 is 0 Å². The second-order valence-corrected chi connectivity index (χ2v) is 6.65. The summed E-state index contributed by atoms with van der Waals surface area (Å²) in [7, 11) is 1.26. The minimum absolute atomic E-state index is 0.0319. The van der Waals surface area contributed by atoms with Gasteiger partial charge in [-0.25, -0.2) is 0 Å². The highest BCUT2D eigenvalue weighted by atomic mass is 19.3. The number of carbonyl (C=O) groups excluding carboxylic acids is 2. The Labute approximate surface area is 188 Å². The molecule has 0 saturated heterocycles. The van der Waals surface area contributed by atoms with Crippen molar-refractivity contribution in [2.75, 3.05) is 19.0 Å². The summed E-state index contributed by atoms with van der Waals surface area (Å²) in [5, 5.41) is 5.12. The highest BCUT2D eigenvalue weighted by molar-refractivity contribution is 5.99. The molecule has 0 fully saturated rings. The first-order valence-electron chi connectivity index (χ1n) is 9.77. The van der Waals surface area contributed by atoms with E-state index >= 15 is 0 Å². The Morgan fingerprint density at radius 1 is 1.06 bits per heavy atom. The van der Waals surface area contributed by atoms with Gasteiger partial charge in [0.25, 0.3) is 5.91 Å². The largest absolute Gasteiger partial charge is 0.493 e. The molecule has 1 aromatic heterocycles. The molecular weight excluding hydrogens is 436 g/mol. The Bertz CT molecular complexity index is 1100. The van der Waals surface area contributed by atoms with Gasteiger partial charge in [-0.2, -0.15) is 8.78 Å². The van der Waals surface area contributed by atoms with E-state index in [-0.39, 0.29) is 23.6 Å². The lowest BCUT2D eigenvalue weighted by molar-refractivity contribution is -0.115. The maximum Gasteiger partial charge on any atom is 0.387 e. The van der Waals surface area contributed by atoms with Gasteiger partial charge in [0.1, 0.15) is 12.4 Å². The second-order valence-electron chi connectivity index (χ2n) is 6.65. The van der Waals surface area contributed by atoms with Crippen LogP contribution in [0.4, 0.5) is 14.5 Å². The summed E-state index contributed by atoms with van der Waals surface area (Å²) in [6.45, 7) is -3.01. The Balaban J connectivity index is 1.52. The standard InChI is InChI=1S/C23H21F2N3O5/c1-31-20-10-16(7-8-19(20)33-23(24)25)22(30)27-13-21(29)28-17-5-2-6-18(11-17)32-14-15-4-3-9-26-12-15/h2-12,23H,13-14H2,1H3,(H,27,30)(H,28,29). The summed E-state index contributed by atoms with van der Waals surface area (Å²) >= 11 is 0. The molecule has 172 valence electrons. The van der Waals surface area contributed by atoms with E-state index in [1.165, 1.54) is 25.3 Å². The third kappa shape index (κ3) is 7.17. The van der Waals surface area contributed by atoms with Gasteiger partial charge >= 0.3 is 6.61 Å². The van der Waals surface area contributed by atoms with Crippen LogP contribution in [0.15, 0.2) is 67.0 Å². The monoisotopic (exact) mass is 457 g/mol. The van der Waals surface area contributed by atoms with Gasteiger partial charge in [-0.05, 0) is 36.4 Å². The molecule has 3 rings (SSSR count). The van der Waals surface area contributed by atoms with Crippen molar-refractivity contribution in [1.82, 2.24) is 10.3 Å². The topological polar surface area (TPSA) is 98.8 Å². The summed E-state index contributed by atoms with van der Waals surface area (Å²) in [5.74, 6) is -0.722. The van der Waals surface area contributed by atoms with Crippen LogP contribution < -0.4 is 24.8 Å². The van der Waals surface area contributed by atoms with Gasteiger partial charge < -0.3 is 24.8 Å². The van der Waals surface area contributed by atoms with Gasteiger partial charge in [-0.3, -0.25) is 14.6 Å². The Hall–Kier alpha value is -4.21. The molecule has 0 unspecified atom stereocenters. The molecule has 0 bridgehead atoms. The maximum absolute atomic E-state index is 12.4. The number of ether oxygens (including phenoxy) is 3.